The first kappa shape index (κ1) is 15.2. The van der Waals surface area contributed by atoms with Gasteiger partial charge in [-0.1, -0.05) is 39.7 Å². The van der Waals surface area contributed by atoms with Gasteiger partial charge in [0.15, 0.2) is 0 Å². The molecule has 0 heterocycles. The predicted octanol–water partition coefficient (Wildman–Crippen LogP) is 5.04. The van der Waals surface area contributed by atoms with Crippen molar-refractivity contribution in [1.82, 2.24) is 0 Å². The maximum atomic E-state index is 6.07. The van der Waals surface area contributed by atoms with Crippen molar-refractivity contribution in [2.75, 3.05) is 14.2 Å². The van der Waals surface area contributed by atoms with Gasteiger partial charge in [-0.05, 0) is 42.3 Å². The van der Waals surface area contributed by atoms with E-state index >= 15 is 0 Å². The summed E-state index contributed by atoms with van der Waals surface area (Å²) in [6.07, 6.45) is 0.827. The van der Waals surface area contributed by atoms with Crippen molar-refractivity contribution >= 4 is 27.5 Å². The number of methoxy groups -OCH3 is 2. The van der Waals surface area contributed by atoms with Gasteiger partial charge in [0.25, 0.3) is 0 Å². The molecular weight excluding hydrogens is 340 g/mol. The van der Waals surface area contributed by atoms with Crippen LogP contribution in [0.5, 0.6) is 11.5 Å². The van der Waals surface area contributed by atoms with Gasteiger partial charge in [0.2, 0.25) is 0 Å². The topological polar surface area (TPSA) is 18.5 Å². The Balaban J connectivity index is 2.23. The maximum absolute atomic E-state index is 6.07. The Bertz CT molecular complexity index is 586. The number of hydrogen-bond donors (Lipinski definition) is 0. The average Bonchev–Trinajstić information content (AvgIpc) is 2.47. The van der Waals surface area contributed by atoms with E-state index in [9.17, 15) is 0 Å². The number of halogens is 2. The molecule has 0 aliphatic heterocycles. The summed E-state index contributed by atoms with van der Waals surface area (Å²) < 4.78 is 10.6. The summed E-state index contributed by atoms with van der Waals surface area (Å²) >= 11 is 9.79. The van der Waals surface area contributed by atoms with Gasteiger partial charge in [0, 0.05) is 15.4 Å². The van der Waals surface area contributed by atoms with Gasteiger partial charge in [-0.3, -0.25) is 0 Å². The zero-order valence-electron chi connectivity index (χ0n) is 11.4. The molecule has 0 aliphatic rings. The van der Waals surface area contributed by atoms with Gasteiger partial charge >= 0.3 is 0 Å². The van der Waals surface area contributed by atoms with E-state index in [4.69, 9.17) is 21.1 Å². The first-order valence-corrected chi connectivity index (χ1v) is 7.54. The summed E-state index contributed by atoms with van der Waals surface area (Å²) in [6.45, 7) is 0. The van der Waals surface area contributed by atoms with Crippen LogP contribution in [0.2, 0.25) is 5.02 Å². The largest absolute Gasteiger partial charge is 0.497 e. The Morgan fingerprint density at radius 1 is 1.10 bits per heavy atom. The van der Waals surface area contributed by atoms with Crippen LogP contribution in [0.15, 0.2) is 42.5 Å². The third-order valence-electron chi connectivity index (χ3n) is 3.08. The van der Waals surface area contributed by atoms with E-state index < -0.39 is 0 Å². The molecule has 2 nitrogen and oxygen atoms in total. The number of rotatable bonds is 5. The standard InChI is InChI=1S/C16H16BrClO2/c1-19-13-5-3-4-11(8-13)9-15(17)14-10-12(18)6-7-16(14)20-2/h3-8,10,15H,9H2,1-2H3. The predicted molar refractivity (Wildman–Crippen MR) is 86.4 cm³/mol. The lowest BCUT2D eigenvalue weighted by Crippen LogP contribution is -1.99. The lowest BCUT2D eigenvalue weighted by atomic mass is 10.0. The van der Waals surface area contributed by atoms with Gasteiger partial charge in [-0.25, -0.2) is 0 Å². The van der Waals surface area contributed by atoms with Crippen LogP contribution >= 0.6 is 27.5 Å². The molecule has 2 aromatic rings. The van der Waals surface area contributed by atoms with Crippen LogP contribution in [0.25, 0.3) is 0 Å². The van der Waals surface area contributed by atoms with E-state index in [1.807, 2.05) is 36.4 Å². The molecule has 20 heavy (non-hydrogen) atoms. The van der Waals surface area contributed by atoms with Gasteiger partial charge in [0.1, 0.15) is 11.5 Å². The van der Waals surface area contributed by atoms with Crippen molar-refractivity contribution in [3.8, 4) is 11.5 Å². The molecule has 0 amide bonds. The molecule has 0 saturated heterocycles. The third-order valence-corrected chi connectivity index (χ3v) is 4.13. The minimum Gasteiger partial charge on any atom is -0.497 e. The molecule has 1 atom stereocenters. The third kappa shape index (κ3) is 3.68. The van der Waals surface area contributed by atoms with Crippen molar-refractivity contribution in [1.29, 1.82) is 0 Å². The highest BCUT2D eigenvalue weighted by Gasteiger charge is 2.14. The first-order chi connectivity index (χ1) is 9.63. The van der Waals surface area contributed by atoms with Crippen molar-refractivity contribution in [3.05, 3.63) is 58.6 Å². The molecule has 0 fully saturated rings. The van der Waals surface area contributed by atoms with Gasteiger partial charge in [-0.2, -0.15) is 0 Å². The van der Waals surface area contributed by atoms with E-state index in [0.717, 1.165) is 23.5 Å². The molecule has 0 radical (unpaired) electrons. The van der Waals surface area contributed by atoms with E-state index in [2.05, 4.69) is 22.0 Å². The van der Waals surface area contributed by atoms with Gasteiger partial charge < -0.3 is 9.47 Å². The summed E-state index contributed by atoms with van der Waals surface area (Å²) in [5.74, 6) is 1.69. The Morgan fingerprint density at radius 2 is 1.90 bits per heavy atom. The van der Waals surface area contributed by atoms with Gasteiger partial charge in [-0.15, -0.1) is 0 Å². The summed E-state index contributed by atoms with van der Waals surface area (Å²) in [5, 5.41) is 0.705. The average molecular weight is 356 g/mol. The smallest absolute Gasteiger partial charge is 0.123 e. The summed E-state index contributed by atoms with van der Waals surface area (Å²) in [4.78, 5) is 0.128. The fourth-order valence-electron chi connectivity index (χ4n) is 2.07. The number of benzene rings is 2. The van der Waals surface area contributed by atoms with Crippen LogP contribution in [0.1, 0.15) is 16.0 Å². The molecule has 0 spiro atoms. The molecule has 0 bridgehead atoms. The highest BCUT2D eigenvalue weighted by atomic mass is 79.9. The summed E-state index contributed by atoms with van der Waals surface area (Å²) in [7, 11) is 3.34. The normalized spacial score (nSPS) is 12.0. The fraction of sp³-hybridized carbons (Fsp3) is 0.250. The van der Waals surface area contributed by atoms with Crippen molar-refractivity contribution < 1.29 is 9.47 Å². The number of ether oxygens (including phenoxy) is 2. The van der Waals surface area contributed by atoms with Gasteiger partial charge in [0.05, 0.1) is 14.2 Å². The number of hydrogen-bond acceptors (Lipinski definition) is 2. The van der Waals surface area contributed by atoms with Crippen molar-refractivity contribution in [2.24, 2.45) is 0 Å². The van der Waals surface area contributed by atoms with Crippen LogP contribution in [0.4, 0.5) is 0 Å². The lowest BCUT2D eigenvalue weighted by Gasteiger charge is -2.15. The quantitative estimate of drug-likeness (QED) is 0.700. The molecule has 2 rings (SSSR count). The second-order valence-electron chi connectivity index (χ2n) is 4.41. The van der Waals surface area contributed by atoms with Crippen LogP contribution in [-0.4, -0.2) is 14.2 Å². The Hall–Kier alpha value is -1.19. The van der Waals surface area contributed by atoms with Crippen LogP contribution in [0.3, 0.4) is 0 Å². The molecule has 4 heteroatoms. The second kappa shape index (κ2) is 7.00. The van der Waals surface area contributed by atoms with Crippen LogP contribution in [0, 0.1) is 0 Å². The molecule has 2 aromatic carbocycles. The monoisotopic (exact) mass is 354 g/mol. The highest BCUT2D eigenvalue weighted by molar-refractivity contribution is 9.09. The SMILES string of the molecule is COc1cccc(CC(Br)c2cc(Cl)ccc2OC)c1. The molecule has 1 unspecified atom stereocenters. The van der Waals surface area contributed by atoms with E-state index in [0.29, 0.717) is 5.02 Å². The molecular formula is C16H16BrClO2. The minimum absolute atomic E-state index is 0.128. The van der Waals surface area contributed by atoms with E-state index in [1.165, 1.54) is 5.56 Å². The zero-order valence-corrected chi connectivity index (χ0v) is 13.7. The highest BCUT2D eigenvalue weighted by Crippen LogP contribution is 2.36. The Labute approximate surface area is 132 Å². The Morgan fingerprint density at radius 3 is 2.60 bits per heavy atom. The summed E-state index contributed by atoms with van der Waals surface area (Å²) in [5.41, 5.74) is 2.23. The van der Waals surface area contributed by atoms with E-state index in [1.54, 1.807) is 14.2 Å². The molecule has 0 aliphatic carbocycles. The molecule has 0 N–H and O–H groups in total. The minimum atomic E-state index is 0.128. The van der Waals surface area contributed by atoms with Crippen LogP contribution < -0.4 is 9.47 Å². The fourth-order valence-corrected chi connectivity index (χ4v) is 2.98. The zero-order chi connectivity index (χ0) is 14.5. The maximum Gasteiger partial charge on any atom is 0.123 e. The molecule has 106 valence electrons. The van der Waals surface area contributed by atoms with Crippen molar-refractivity contribution in [3.63, 3.8) is 0 Å². The van der Waals surface area contributed by atoms with Crippen molar-refractivity contribution in [2.45, 2.75) is 11.2 Å². The molecule has 0 aromatic heterocycles. The molecule has 0 saturated carbocycles. The summed E-state index contributed by atoms with van der Waals surface area (Å²) in [6, 6.07) is 13.7. The lowest BCUT2D eigenvalue weighted by molar-refractivity contribution is 0.409. The van der Waals surface area contributed by atoms with Crippen LogP contribution in [-0.2, 0) is 6.42 Å². The first-order valence-electron chi connectivity index (χ1n) is 6.24. The number of alkyl halides is 1. The Kier molecular flexibility index (Phi) is 5.32. The van der Waals surface area contributed by atoms with E-state index in [-0.39, 0.29) is 4.83 Å². The second-order valence-corrected chi connectivity index (χ2v) is 5.95.